The summed E-state index contributed by atoms with van der Waals surface area (Å²) in [6.07, 6.45) is 1.06. The molecule has 104 valence electrons. The number of nitrogens with two attached hydrogens (primary N) is 1. The molecule has 1 aromatic carbocycles. The van der Waals surface area contributed by atoms with Crippen LogP contribution in [0.4, 0.5) is 0 Å². The molecular weight excluding hydrogens is 240 g/mol. The summed E-state index contributed by atoms with van der Waals surface area (Å²) in [5.74, 6) is 0.494. The van der Waals surface area contributed by atoms with Crippen LogP contribution in [0.25, 0.3) is 0 Å². The molecule has 0 aromatic heterocycles. The van der Waals surface area contributed by atoms with Gasteiger partial charge < -0.3 is 15.8 Å². The third-order valence-electron chi connectivity index (χ3n) is 2.75. The topological polar surface area (TPSA) is 64.3 Å². The molecule has 2 atom stereocenters. The number of ether oxygens (including phenoxy) is 1. The Morgan fingerprint density at radius 1 is 1.53 bits per heavy atom. The normalized spacial score (nSPS) is 13.5. The standard InChI is InChI=1S/C15H22N2O2/c1-5-8-17-15(18)12(4)19-14-9-10(2)6-7-13(14)11(3)16/h5-7,9,11-12H,1,8,16H2,2-4H3,(H,17,18). The molecule has 0 bridgehead atoms. The van der Waals surface area contributed by atoms with Gasteiger partial charge in [0.05, 0.1) is 0 Å². The molecule has 0 saturated heterocycles. The van der Waals surface area contributed by atoms with Crippen LogP contribution in [0.2, 0.25) is 0 Å². The van der Waals surface area contributed by atoms with Gasteiger partial charge in [-0.1, -0.05) is 18.2 Å². The molecule has 2 unspecified atom stereocenters. The first kappa shape index (κ1) is 15.2. The molecular formula is C15H22N2O2. The highest BCUT2D eigenvalue weighted by molar-refractivity contribution is 5.80. The van der Waals surface area contributed by atoms with E-state index in [1.807, 2.05) is 32.0 Å². The molecule has 0 fully saturated rings. The first-order valence-corrected chi connectivity index (χ1v) is 6.37. The number of rotatable bonds is 6. The van der Waals surface area contributed by atoms with Gasteiger partial charge in [0.25, 0.3) is 5.91 Å². The molecule has 0 aliphatic heterocycles. The number of aryl methyl sites for hydroxylation is 1. The maximum Gasteiger partial charge on any atom is 0.261 e. The summed E-state index contributed by atoms with van der Waals surface area (Å²) in [7, 11) is 0. The van der Waals surface area contributed by atoms with Crippen molar-refractivity contribution in [1.29, 1.82) is 0 Å². The van der Waals surface area contributed by atoms with Crippen LogP contribution in [0, 0.1) is 6.92 Å². The average molecular weight is 262 g/mol. The van der Waals surface area contributed by atoms with E-state index in [0.29, 0.717) is 12.3 Å². The van der Waals surface area contributed by atoms with Crippen LogP contribution in [0.1, 0.15) is 31.0 Å². The van der Waals surface area contributed by atoms with Crippen molar-refractivity contribution in [2.75, 3.05) is 6.54 Å². The van der Waals surface area contributed by atoms with Gasteiger partial charge in [0.2, 0.25) is 0 Å². The van der Waals surface area contributed by atoms with Crippen LogP contribution in [0.5, 0.6) is 5.75 Å². The van der Waals surface area contributed by atoms with Crippen LogP contribution in [0.15, 0.2) is 30.9 Å². The monoisotopic (exact) mass is 262 g/mol. The molecule has 3 N–H and O–H groups in total. The summed E-state index contributed by atoms with van der Waals surface area (Å²) in [4.78, 5) is 11.8. The van der Waals surface area contributed by atoms with Crippen LogP contribution < -0.4 is 15.8 Å². The molecule has 0 aliphatic rings. The van der Waals surface area contributed by atoms with Gasteiger partial charge in [0, 0.05) is 18.2 Å². The molecule has 0 spiro atoms. The summed E-state index contributed by atoms with van der Waals surface area (Å²) in [5.41, 5.74) is 7.87. The quantitative estimate of drug-likeness (QED) is 0.771. The lowest BCUT2D eigenvalue weighted by Gasteiger charge is -2.19. The first-order valence-electron chi connectivity index (χ1n) is 6.37. The second kappa shape index (κ2) is 6.95. The van der Waals surface area contributed by atoms with Crippen molar-refractivity contribution in [2.24, 2.45) is 5.73 Å². The number of nitrogens with one attached hydrogen (secondary N) is 1. The van der Waals surface area contributed by atoms with Crippen molar-refractivity contribution in [3.8, 4) is 5.75 Å². The van der Waals surface area contributed by atoms with Crippen LogP contribution >= 0.6 is 0 Å². The van der Waals surface area contributed by atoms with Crippen LogP contribution in [0.3, 0.4) is 0 Å². The van der Waals surface area contributed by atoms with Gasteiger partial charge in [0.15, 0.2) is 6.10 Å². The fourth-order valence-electron chi connectivity index (χ4n) is 1.68. The Labute approximate surface area is 114 Å². The van der Waals surface area contributed by atoms with E-state index in [4.69, 9.17) is 10.5 Å². The summed E-state index contributed by atoms with van der Waals surface area (Å²) >= 11 is 0. The summed E-state index contributed by atoms with van der Waals surface area (Å²) in [5, 5.41) is 2.70. The number of benzene rings is 1. The number of hydrogen-bond donors (Lipinski definition) is 2. The fraction of sp³-hybridized carbons (Fsp3) is 0.400. The third kappa shape index (κ3) is 4.41. The molecule has 19 heavy (non-hydrogen) atoms. The average Bonchev–Trinajstić information content (AvgIpc) is 2.35. The highest BCUT2D eigenvalue weighted by Crippen LogP contribution is 2.26. The second-order valence-corrected chi connectivity index (χ2v) is 4.62. The SMILES string of the molecule is C=CCNC(=O)C(C)Oc1cc(C)ccc1C(C)N. The fourth-order valence-corrected chi connectivity index (χ4v) is 1.68. The summed E-state index contributed by atoms with van der Waals surface area (Å²) in [6, 6.07) is 5.67. The minimum atomic E-state index is -0.570. The van der Waals surface area contributed by atoms with E-state index in [-0.39, 0.29) is 11.9 Å². The van der Waals surface area contributed by atoms with Gasteiger partial charge in [0.1, 0.15) is 5.75 Å². The summed E-state index contributed by atoms with van der Waals surface area (Å²) in [6.45, 7) is 9.56. The molecule has 4 heteroatoms. The Kier molecular flexibility index (Phi) is 5.57. The van der Waals surface area contributed by atoms with Crippen LogP contribution in [-0.2, 0) is 4.79 Å². The molecule has 1 aromatic rings. The Bertz CT molecular complexity index is 455. The van der Waals surface area contributed by atoms with Crippen LogP contribution in [-0.4, -0.2) is 18.6 Å². The zero-order valence-corrected chi connectivity index (χ0v) is 11.8. The van der Waals surface area contributed by atoms with Gasteiger partial charge >= 0.3 is 0 Å². The Balaban J connectivity index is 2.83. The minimum Gasteiger partial charge on any atom is -0.481 e. The first-order chi connectivity index (χ1) is 8.95. The maximum atomic E-state index is 11.8. The van der Waals surface area contributed by atoms with Crippen molar-refractivity contribution < 1.29 is 9.53 Å². The predicted molar refractivity (Wildman–Crippen MR) is 77.1 cm³/mol. The summed E-state index contributed by atoms with van der Waals surface area (Å²) < 4.78 is 5.72. The van der Waals surface area contributed by atoms with E-state index in [1.54, 1.807) is 13.0 Å². The third-order valence-corrected chi connectivity index (χ3v) is 2.75. The maximum absolute atomic E-state index is 11.8. The lowest BCUT2D eigenvalue weighted by atomic mass is 10.1. The molecule has 4 nitrogen and oxygen atoms in total. The Hall–Kier alpha value is -1.81. The smallest absolute Gasteiger partial charge is 0.261 e. The van der Waals surface area contributed by atoms with E-state index >= 15 is 0 Å². The molecule has 0 saturated carbocycles. The van der Waals surface area contributed by atoms with E-state index in [1.165, 1.54) is 0 Å². The van der Waals surface area contributed by atoms with Crippen molar-refractivity contribution >= 4 is 5.91 Å². The highest BCUT2D eigenvalue weighted by atomic mass is 16.5. The van der Waals surface area contributed by atoms with E-state index in [9.17, 15) is 4.79 Å². The van der Waals surface area contributed by atoms with Gasteiger partial charge in [-0.25, -0.2) is 0 Å². The van der Waals surface area contributed by atoms with E-state index < -0.39 is 6.10 Å². The number of hydrogen-bond acceptors (Lipinski definition) is 3. The lowest BCUT2D eigenvalue weighted by molar-refractivity contribution is -0.127. The Morgan fingerprint density at radius 2 is 2.21 bits per heavy atom. The van der Waals surface area contributed by atoms with E-state index in [2.05, 4.69) is 11.9 Å². The number of carbonyl (C=O) groups is 1. The van der Waals surface area contributed by atoms with Crippen molar-refractivity contribution in [3.05, 3.63) is 42.0 Å². The minimum absolute atomic E-state index is 0.140. The molecule has 1 amide bonds. The van der Waals surface area contributed by atoms with Gasteiger partial charge in [-0.05, 0) is 32.4 Å². The zero-order chi connectivity index (χ0) is 14.4. The Morgan fingerprint density at radius 3 is 2.79 bits per heavy atom. The molecule has 1 rings (SSSR count). The van der Waals surface area contributed by atoms with Gasteiger partial charge in [-0.3, -0.25) is 4.79 Å². The molecule has 0 aliphatic carbocycles. The molecule has 0 heterocycles. The zero-order valence-electron chi connectivity index (χ0n) is 11.8. The van der Waals surface area contributed by atoms with E-state index in [0.717, 1.165) is 11.1 Å². The van der Waals surface area contributed by atoms with Gasteiger partial charge in [-0.2, -0.15) is 0 Å². The molecule has 0 radical (unpaired) electrons. The van der Waals surface area contributed by atoms with Gasteiger partial charge in [-0.15, -0.1) is 6.58 Å². The number of amides is 1. The van der Waals surface area contributed by atoms with Crippen molar-refractivity contribution in [1.82, 2.24) is 5.32 Å². The largest absolute Gasteiger partial charge is 0.481 e. The highest BCUT2D eigenvalue weighted by Gasteiger charge is 2.16. The predicted octanol–water partition coefficient (Wildman–Crippen LogP) is 2.08. The van der Waals surface area contributed by atoms with Crippen molar-refractivity contribution in [3.63, 3.8) is 0 Å². The lowest BCUT2D eigenvalue weighted by Crippen LogP contribution is -2.36. The van der Waals surface area contributed by atoms with Crippen molar-refractivity contribution in [2.45, 2.75) is 32.9 Å². The number of carbonyl (C=O) groups excluding carboxylic acids is 1. The second-order valence-electron chi connectivity index (χ2n) is 4.62.